The van der Waals surface area contributed by atoms with Gasteiger partial charge in [-0.25, -0.2) is 13.9 Å². The van der Waals surface area contributed by atoms with Gasteiger partial charge in [0.1, 0.15) is 5.82 Å². The van der Waals surface area contributed by atoms with E-state index >= 15 is 0 Å². The minimum absolute atomic E-state index is 0.0347. The summed E-state index contributed by atoms with van der Waals surface area (Å²) in [6.45, 7) is 1.86. The number of ether oxygens (including phenoxy) is 1. The molecule has 1 heterocycles. The molecule has 0 amide bonds. The molecule has 1 N–H and O–H groups in total. The third-order valence-electron chi connectivity index (χ3n) is 2.28. The topological polar surface area (TPSA) is 64.1 Å². The van der Waals surface area contributed by atoms with E-state index in [-0.39, 0.29) is 12.3 Å². The molecular formula is C12H11FN2O3. The summed E-state index contributed by atoms with van der Waals surface area (Å²) in [5, 5.41) is 2.42. The van der Waals surface area contributed by atoms with Crippen molar-refractivity contribution in [2.24, 2.45) is 0 Å². The number of benzene rings is 1. The molecule has 0 saturated carbocycles. The predicted molar refractivity (Wildman–Crippen MR) is 62.3 cm³/mol. The van der Waals surface area contributed by atoms with Gasteiger partial charge in [0.25, 0.3) is 5.56 Å². The summed E-state index contributed by atoms with van der Waals surface area (Å²) >= 11 is 0. The molecule has 0 radical (unpaired) electrons. The zero-order valence-electron chi connectivity index (χ0n) is 9.64. The highest BCUT2D eigenvalue weighted by atomic mass is 19.1. The first-order valence-electron chi connectivity index (χ1n) is 5.37. The van der Waals surface area contributed by atoms with Gasteiger partial charge in [-0.05, 0) is 25.1 Å². The average molecular weight is 250 g/mol. The molecule has 0 unspecified atom stereocenters. The quantitative estimate of drug-likeness (QED) is 0.839. The Labute approximate surface area is 102 Å². The van der Waals surface area contributed by atoms with Crippen molar-refractivity contribution >= 4 is 5.97 Å². The van der Waals surface area contributed by atoms with Gasteiger partial charge in [0.2, 0.25) is 0 Å². The van der Waals surface area contributed by atoms with Crippen molar-refractivity contribution in [3.63, 3.8) is 0 Å². The zero-order chi connectivity index (χ0) is 13.1. The molecular weight excluding hydrogens is 239 g/mol. The maximum absolute atomic E-state index is 13.1. The van der Waals surface area contributed by atoms with Crippen LogP contribution in [0.15, 0.2) is 35.1 Å². The van der Waals surface area contributed by atoms with Crippen LogP contribution in [0.1, 0.15) is 17.4 Å². The molecule has 2 rings (SSSR count). The molecule has 0 aliphatic heterocycles. The van der Waals surface area contributed by atoms with E-state index in [1.54, 1.807) is 13.0 Å². The van der Waals surface area contributed by atoms with Crippen LogP contribution in [0.5, 0.6) is 0 Å². The van der Waals surface area contributed by atoms with E-state index in [1.807, 2.05) is 0 Å². The average Bonchev–Trinajstić information content (AvgIpc) is 2.72. The lowest BCUT2D eigenvalue weighted by Gasteiger charge is -2.07. The van der Waals surface area contributed by atoms with E-state index in [0.29, 0.717) is 5.69 Å². The van der Waals surface area contributed by atoms with Gasteiger partial charge in [0, 0.05) is 6.07 Å². The first-order valence-corrected chi connectivity index (χ1v) is 5.37. The van der Waals surface area contributed by atoms with Crippen LogP contribution in [0, 0.1) is 5.82 Å². The zero-order valence-corrected chi connectivity index (χ0v) is 9.64. The first kappa shape index (κ1) is 12.1. The molecule has 0 atom stereocenters. The predicted octanol–water partition coefficient (Wildman–Crippen LogP) is 1.48. The molecule has 5 nitrogen and oxygen atoms in total. The lowest BCUT2D eigenvalue weighted by Crippen LogP contribution is -2.12. The van der Waals surface area contributed by atoms with Gasteiger partial charge in [0.15, 0.2) is 5.69 Å². The van der Waals surface area contributed by atoms with Gasteiger partial charge < -0.3 is 4.74 Å². The molecule has 1 aromatic heterocycles. The van der Waals surface area contributed by atoms with Crippen molar-refractivity contribution in [1.82, 2.24) is 9.78 Å². The summed E-state index contributed by atoms with van der Waals surface area (Å²) in [5.41, 5.74) is -0.0742. The van der Waals surface area contributed by atoms with Gasteiger partial charge >= 0.3 is 5.97 Å². The Morgan fingerprint density at radius 3 is 2.89 bits per heavy atom. The molecule has 0 bridgehead atoms. The Morgan fingerprint density at radius 1 is 1.44 bits per heavy atom. The lowest BCUT2D eigenvalue weighted by atomic mass is 10.3. The Bertz CT molecular complexity index is 630. The minimum Gasteiger partial charge on any atom is -0.461 e. The number of nitrogens with zero attached hydrogens (tertiary/aromatic N) is 1. The molecule has 0 aliphatic carbocycles. The number of hydrogen-bond acceptors (Lipinski definition) is 3. The Kier molecular flexibility index (Phi) is 3.27. The molecule has 1 aromatic carbocycles. The van der Waals surface area contributed by atoms with Gasteiger partial charge in [-0.15, -0.1) is 0 Å². The maximum Gasteiger partial charge on any atom is 0.357 e. The molecule has 0 aliphatic rings. The normalized spacial score (nSPS) is 10.3. The monoisotopic (exact) mass is 250 g/mol. The number of H-pyrrole nitrogens is 1. The van der Waals surface area contributed by atoms with E-state index in [4.69, 9.17) is 4.74 Å². The number of carbonyl (C=O) groups is 1. The molecule has 0 spiro atoms. The smallest absolute Gasteiger partial charge is 0.357 e. The SMILES string of the molecule is CCOC(=O)c1cc(=O)[nH]n1-c1cccc(F)c1. The summed E-state index contributed by atoms with van der Waals surface area (Å²) in [6.07, 6.45) is 0. The third kappa shape index (κ3) is 2.32. The van der Waals surface area contributed by atoms with Crippen molar-refractivity contribution < 1.29 is 13.9 Å². The number of rotatable bonds is 3. The van der Waals surface area contributed by atoms with E-state index in [9.17, 15) is 14.0 Å². The Hall–Kier alpha value is -2.37. The number of aromatic amines is 1. The number of esters is 1. The van der Waals surface area contributed by atoms with E-state index < -0.39 is 17.3 Å². The number of hydrogen-bond donors (Lipinski definition) is 1. The number of nitrogens with one attached hydrogen (secondary N) is 1. The first-order chi connectivity index (χ1) is 8.61. The fourth-order valence-corrected chi connectivity index (χ4v) is 1.57. The minimum atomic E-state index is -0.639. The van der Waals surface area contributed by atoms with Crippen LogP contribution in [-0.2, 0) is 4.74 Å². The van der Waals surface area contributed by atoms with E-state index in [1.165, 1.54) is 22.9 Å². The second-order valence-electron chi connectivity index (χ2n) is 3.54. The van der Waals surface area contributed by atoms with Gasteiger partial charge in [0.05, 0.1) is 12.3 Å². The Morgan fingerprint density at radius 2 is 2.22 bits per heavy atom. The highest BCUT2D eigenvalue weighted by Gasteiger charge is 2.15. The number of halogens is 1. The van der Waals surface area contributed by atoms with E-state index in [2.05, 4.69) is 5.10 Å². The highest BCUT2D eigenvalue weighted by Crippen LogP contribution is 2.11. The molecule has 0 saturated heterocycles. The van der Waals surface area contributed by atoms with Crippen molar-refractivity contribution in [1.29, 1.82) is 0 Å². The van der Waals surface area contributed by atoms with Crippen LogP contribution >= 0.6 is 0 Å². The van der Waals surface area contributed by atoms with Gasteiger partial charge in [-0.3, -0.25) is 9.89 Å². The third-order valence-corrected chi connectivity index (χ3v) is 2.28. The summed E-state index contributed by atoms with van der Waals surface area (Å²) in [5.74, 6) is -1.10. The summed E-state index contributed by atoms with van der Waals surface area (Å²) in [7, 11) is 0. The largest absolute Gasteiger partial charge is 0.461 e. The highest BCUT2D eigenvalue weighted by molar-refractivity contribution is 5.88. The van der Waals surface area contributed by atoms with Gasteiger partial charge in [-0.1, -0.05) is 6.07 Å². The molecule has 94 valence electrons. The van der Waals surface area contributed by atoms with Crippen LogP contribution in [0.3, 0.4) is 0 Å². The van der Waals surface area contributed by atoms with Crippen LogP contribution < -0.4 is 5.56 Å². The second-order valence-corrected chi connectivity index (χ2v) is 3.54. The van der Waals surface area contributed by atoms with Crippen molar-refractivity contribution in [2.75, 3.05) is 6.61 Å². The standard InChI is InChI=1S/C12H11FN2O3/c1-2-18-12(17)10-7-11(16)14-15(10)9-5-3-4-8(13)6-9/h3-7H,2H2,1H3,(H,14,16). The summed E-state index contributed by atoms with van der Waals surface area (Å²) in [4.78, 5) is 22.9. The Balaban J connectivity index is 2.51. The molecule has 18 heavy (non-hydrogen) atoms. The molecule has 2 aromatic rings. The van der Waals surface area contributed by atoms with Crippen molar-refractivity contribution in [3.05, 3.63) is 52.2 Å². The van der Waals surface area contributed by atoms with Crippen LogP contribution in [-0.4, -0.2) is 22.4 Å². The molecule has 0 fully saturated rings. The van der Waals surface area contributed by atoms with Gasteiger partial charge in [-0.2, -0.15) is 0 Å². The number of aromatic nitrogens is 2. The second kappa shape index (κ2) is 4.87. The fraction of sp³-hybridized carbons (Fsp3) is 0.167. The van der Waals surface area contributed by atoms with Crippen LogP contribution in [0.25, 0.3) is 5.69 Å². The summed E-state index contributed by atoms with van der Waals surface area (Å²) in [6, 6.07) is 6.65. The molecule has 6 heteroatoms. The lowest BCUT2D eigenvalue weighted by molar-refractivity contribution is 0.0515. The van der Waals surface area contributed by atoms with Crippen molar-refractivity contribution in [3.8, 4) is 5.69 Å². The summed E-state index contributed by atoms with van der Waals surface area (Å²) < 4.78 is 19.1. The fourth-order valence-electron chi connectivity index (χ4n) is 1.57. The van der Waals surface area contributed by atoms with Crippen molar-refractivity contribution in [2.45, 2.75) is 6.92 Å². The van der Waals surface area contributed by atoms with Crippen LogP contribution in [0.4, 0.5) is 4.39 Å². The maximum atomic E-state index is 13.1. The van der Waals surface area contributed by atoms with Crippen LogP contribution in [0.2, 0.25) is 0 Å². The number of carbonyl (C=O) groups excluding carboxylic acids is 1. The van der Waals surface area contributed by atoms with E-state index in [0.717, 1.165) is 6.07 Å².